The van der Waals surface area contributed by atoms with Crippen molar-refractivity contribution in [2.75, 3.05) is 13.2 Å². The van der Waals surface area contributed by atoms with Crippen LogP contribution >= 0.6 is 0 Å². The molecular formula is C25H42O8. The SMILES string of the molecule is CC1C2OC3C[C@@H](C)CC(O)[C@H](CO)O[C@@H]3C[C@@H]2O[C@H]2C(OC3(CCCO3)C(C)[C@@H]2C)[C@H]1O. The van der Waals surface area contributed by atoms with Crippen molar-refractivity contribution in [3.8, 4) is 0 Å². The molecule has 190 valence electrons. The van der Waals surface area contributed by atoms with E-state index >= 15 is 0 Å². The van der Waals surface area contributed by atoms with Crippen molar-refractivity contribution >= 4 is 0 Å². The van der Waals surface area contributed by atoms with Gasteiger partial charge in [-0.05, 0) is 31.1 Å². The molecule has 0 radical (unpaired) electrons. The molecule has 0 aromatic rings. The van der Waals surface area contributed by atoms with Gasteiger partial charge in [0.15, 0.2) is 5.79 Å². The molecule has 5 fully saturated rings. The summed E-state index contributed by atoms with van der Waals surface area (Å²) in [6.45, 7) is 8.92. The lowest BCUT2D eigenvalue weighted by Crippen LogP contribution is -2.60. The molecule has 5 rings (SSSR count). The fraction of sp³-hybridized carbons (Fsp3) is 1.00. The zero-order valence-electron chi connectivity index (χ0n) is 20.3. The van der Waals surface area contributed by atoms with E-state index in [0.29, 0.717) is 19.4 Å². The number of rotatable bonds is 1. The minimum atomic E-state index is -0.725. The topological polar surface area (TPSA) is 107 Å². The van der Waals surface area contributed by atoms with Crippen molar-refractivity contribution in [3.05, 3.63) is 0 Å². The Morgan fingerprint density at radius 3 is 2.24 bits per heavy atom. The Kier molecular flexibility index (Phi) is 6.86. The second-order valence-electron chi connectivity index (χ2n) is 11.4. The van der Waals surface area contributed by atoms with Crippen LogP contribution in [0.4, 0.5) is 0 Å². The van der Waals surface area contributed by atoms with Gasteiger partial charge in [-0.15, -0.1) is 0 Å². The summed E-state index contributed by atoms with van der Waals surface area (Å²) in [6, 6.07) is 0. The fourth-order valence-electron chi connectivity index (χ4n) is 7.01. The van der Waals surface area contributed by atoms with Gasteiger partial charge in [0.2, 0.25) is 0 Å². The molecule has 5 aliphatic rings. The van der Waals surface area contributed by atoms with E-state index in [1.165, 1.54) is 0 Å². The standard InChI is InChI=1S/C25H42O8/c1-12-8-16(27)20(11-26)30-18-10-19-22(31-17(18)9-12)14(3)21(28)24-23(32-19)13(2)15(4)25(33-24)6-5-7-29-25/h12-24,26-28H,5-11H2,1-4H3/t12-,13-,14?,15?,16?,17?,18+,19-,20-,21-,22?,23+,24?,25?/m0/s1. The maximum atomic E-state index is 11.5. The maximum Gasteiger partial charge on any atom is 0.171 e. The second kappa shape index (κ2) is 9.28. The van der Waals surface area contributed by atoms with Crippen molar-refractivity contribution in [2.45, 2.75) is 121 Å². The molecule has 5 heterocycles. The van der Waals surface area contributed by atoms with Crippen LogP contribution in [0.1, 0.15) is 59.8 Å². The Morgan fingerprint density at radius 1 is 0.818 bits per heavy atom. The summed E-state index contributed by atoms with van der Waals surface area (Å²) in [4.78, 5) is 0. The first-order valence-corrected chi connectivity index (χ1v) is 13.0. The normalized spacial score (nSPS) is 57.4. The van der Waals surface area contributed by atoms with Gasteiger partial charge in [-0.3, -0.25) is 0 Å². The summed E-state index contributed by atoms with van der Waals surface area (Å²) >= 11 is 0. The highest BCUT2D eigenvalue weighted by Crippen LogP contribution is 2.50. The predicted molar refractivity (Wildman–Crippen MR) is 118 cm³/mol. The van der Waals surface area contributed by atoms with E-state index in [0.717, 1.165) is 19.3 Å². The zero-order valence-corrected chi connectivity index (χ0v) is 20.3. The summed E-state index contributed by atoms with van der Waals surface area (Å²) < 4.78 is 32.2. The number of aliphatic hydroxyl groups excluding tert-OH is 3. The molecule has 8 heteroatoms. The van der Waals surface area contributed by atoms with Crippen molar-refractivity contribution in [3.63, 3.8) is 0 Å². The molecule has 5 saturated heterocycles. The number of hydrogen-bond acceptors (Lipinski definition) is 8. The lowest BCUT2D eigenvalue weighted by atomic mass is 9.76. The molecule has 0 aromatic heterocycles. The lowest BCUT2D eigenvalue weighted by molar-refractivity contribution is -0.338. The molecule has 8 nitrogen and oxygen atoms in total. The summed E-state index contributed by atoms with van der Waals surface area (Å²) in [7, 11) is 0. The molecule has 0 aromatic carbocycles. The summed E-state index contributed by atoms with van der Waals surface area (Å²) in [5.74, 6) is -0.297. The van der Waals surface area contributed by atoms with Crippen LogP contribution in [-0.2, 0) is 23.7 Å². The van der Waals surface area contributed by atoms with Crippen LogP contribution in [0.3, 0.4) is 0 Å². The lowest BCUT2D eigenvalue weighted by Gasteiger charge is -2.51. The van der Waals surface area contributed by atoms with E-state index in [1.54, 1.807) is 0 Å². The van der Waals surface area contributed by atoms with Crippen LogP contribution in [-0.4, -0.2) is 89.3 Å². The molecule has 1 spiro atoms. The Hall–Kier alpha value is -0.320. The summed E-state index contributed by atoms with van der Waals surface area (Å²) in [5.41, 5.74) is 0. The third-order valence-corrected chi connectivity index (χ3v) is 9.22. The third-order valence-electron chi connectivity index (χ3n) is 9.22. The van der Waals surface area contributed by atoms with Gasteiger partial charge in [-0.1, -0.05) is 27.7 Å². The van der Waals surface area contributed by atoms with Crippen LogP contribution in [0.5, 0.6) is 0 Å². The van der Waals surface area contributed by atoms with Gasteiger partial charge < -0.3 is 39.0 Å². The van der Waals surface area contributed by atoms with Gasteiger partial charge in [0.1, 0.15) is 12.2 Å². The average Bonchev–Trinajstić information content (AvgIpc) is 3.22. The number of hydrogen-bond donors (Lipinski definition) is 3. The predicted octanol–water partition coefficient (Wildman–Crippen LogP) is 1.62. The van der Waals surface area contributed by atoms with Gasteiger partial charge in [0.05, 0.1) is 55.9 Å². The van der Waals surface area contributed by atoms with Crippen molar-refractivity contribution < 1.29 is 39.0 Å². The van der Waals surface area contributed by atoms with E-state index in [-0.39, 0.29) is 60.8 Å². The van der Waals surface area contributed by atoms with Crippen LogP contribution in [0.25, 0.3) is 0 Å². The van der Waals surface area contributed by atoms with E-state index < -0.39 is 30.2 Å². The van der Waals surface area contributed by atoms with Crippen molar-refractivity contribution in [1.29, 1.82) is 0 Å². The van der Waals surface area contributed by atoms with Gasteiger partial charge in [-0.2, -0.15) is 0 Å². The zero-order chi connectivity index (χ0) is 23.5. The molecule has 0 aliphatic carbocycles. The van der Waals surface area contributed by atoms with Crippen LogP contribution in [0.2, 0.25) is 0 Å². The summed E-state index contributed by atoms with van der Waals surface area (Å²) in [6.07, 6.45) is -0.0180. The molecule has 7 unspecified atom stereocenters. The molecule has 3 N–H and O–H groups in total. The fourth-order valence-corrected chi connectivity index (χ4v) is 7.01. The molecule has 5 aliphatic heterocycles. The average molecular weight is 471 g/mol. The molecule has 0 bridgehead atoms. The highest BCUT2D eigenvalue weighted by molar-refractivity contribution is 5.04. The largest absolute Gasteiger partial charge is 0.394 e. The number of fused-ring (bicyclic) bond motifs is 3. The maximum absolute atomic E-state index is 11.5. The van der Waals surface area contributed by atoms with E-state index in [2.05, 4.69) is 20.8 Å². The smallest absolute Gasteiger partial charge is 0.171 e. The highest BCUT2D eigenvalue weighted by atomic mass is 16.7. The minimum absolute atomic E-state index is 0.143. The minimum Gasteiger partial charge on any atom is -0.394 e. The summed E-state index contributed by atoms with van der Waals surface area (Å²) in [5, 5.41) is 31.8. The van der Waals surface area contributed by atoms with E-state index in [1.807, 2.05) is 6.92 Å². The third kappa shape index (κ3) is 4.18. The Bertz CT molecular complexity index is 683. The Balaban J connectivity index is 1.41. The molecule has 0 saturated carbocycles. The molecule has 14 atom stereocenters. The second-order valence-corrected chi connectivity index (χ2v) is 11.4. The molecular weight excluding hydrogens is 428 g/mol. The van der Waals surface area contributed by atoms with Gasteiger partial charge >= 0.3 is 0 Å². The van der Waals surface area contributed by atoms with Crippen LogP contribution in [0.15, 0.2) is 0 Å². The first-order chi connectivity index (χ1) is 15.7. The van der Waals surface area contributed by atoms with E-state index in [9.17, 15) is 15.3 Å². The molecule has 33 heavy (non-hydrogen) atoms. The first-order valence-electron chi connectivity index (χ1n) is 13.0. The number of aliphatic hydroxyl groups is 3. The quantitative estimate of drug-likeness (QED) is 0.531. The van der Waals surface area contributed by atoms with Crippen molar-refractivity contribution in [1.82, 2.24) is 0 Å². The molecule has 0 amide bonds. The first kappa shape index (κ1) is 24.4. The van der Waals surface area contributed by atoms with Gasteiger partial charge in [0, 0.05) is 24.7 Å². The van der Waals surface area contributed by atoms with Crippen molar-refractivity contribution in [2.24, 2.45) is 23.7 Å². The number of ether oxygens (including phenoxy) is 5. The van der Waals surface area contributed by atoms with Crippen LogP contribution < -0.4 is 0 Å². The van der Waals surface area contributed by atoms with Gasteiger partial charge in [0.25, 0.3) is 0 Å². The van der Waals surface area contributed by atoms with Gasteiger partial charge in [-0.25, -0.2) is 0 Å². The Morgan fingerprint density at radius 2 is 1.55 bits per heavy atom. The van der Waals surface area contributed by atoms with Crippen LogP contribution in [0, 0.1) is 23.7 Å². The Labute approximate surface area is 196 Å². The monoisotopic (exact) mass is 470 g/mol. The highest BCUT2D eigenvalue weighted by Gasteiger charge is 2.60. The van der Waals surface area contributed by atoms with E-state index in [4.69, 9.17) is 23.7 Å².